The maximum Gasteiger partial charge on any atom is 0.254 e. The van der Waals surface area contributed by atoms with Crippen LogP contribution < -0.4 is 5.73 Å². The summed E-state index contributed by atoms with van der Waals surface area (Å²) in [6, 6.07) is 12.4. The fourth-order valence-electron chi connectivity index (χ4n) is 5.43. The molecule has 3 aromatic rings. The van der Waals surface area contributed by atoms with Gasteiger partial charge in [0, 0.05) is 55.1 Å². The normalized spacial score (nSPS) is 17.1. The van der Waals surface area contributed by atoms with Crippen LogP contribution in [0.3, 0.4) is 0 Å². The molecule has 3 N–H and O–H groups in total. The van der Waals surface area contributed by atoms with Crippen LogP contribution in [0.1, 0.15) is 64.1 Å². The largest absolute Gasteiger partial charge is 0.399 e. The number of amides is 1. The molecule has 0 radical (unpaired) electrons. The van der Waals surface area contributed by atoms with Gasteiger partial charge in [0.2, 0.25) is 0 Å². The Morgan fingerprint density at radius 1 is 1.09 bits per heavy atom. The van der Waals surface area contributed by atoms with E-state index in [2.05, 4.69) is 48.0 Å². The van der Waals surface area contributed by atoms with E-state index in [1.807, 2.05) is 24.0 Å². The van der Waals surface area contributed by atoms with Crippen molar-refractivity contribution in [2.24, 2.45) is 0 Å². The molecule has 5 rings (SSSR count). The molecule has 2 aromatic carbocycles. The zero-order chi connectivity index (χ0) is 23.8. The SMILES string of the molecule is CCN1CCc2[nH]c(-c3cc(C(=O)N4CCC(c5ccc(N)cc5)CC4)c(C)cc3C)nc2C1. The van der Waals surface area contributed by atoms with Crippen LogP contribution in [-0.2, 0) is 13.0 Å². The lowest BCUT2D eigenvalue weighted by Crippen LogP contribution is -2.38. The molecule has 0 atom stereocenters. The molecule has 34 heavy (non-hydrogen) atoms. The molecule has 1 saturated heterocycles. The maximum absolute atomic E-state index is 13.6. The van der Waals surface area contributed by atoms with Crippen LogP contribution in [0.5, 0.6) is 0 Å². The first kappa shape index (κ1) is 22.7. The third-order valence-electron chi connectivity index (χ3n) is 7.61. The Labute approximate surface area is 202 Å². The average molecular weight is 458 g/mol. The number of carbonyl (C=O) groups excluding carboxylic acids is 1. The zero-order valence-electron chi connectivity index (χ0n) is 20.5. The number of nitrogens with zero attached hydrogens (tertiary/aromatic N) is 3. The summed E-state index contributed by atoms with van der Waals surface area (Å²) in [5.74, 6) is 1.50. The number of nitrogen functional groups attached to an aromatic ring is 1. The summed E-state index contributed by atoms with van der Waals surface area (Å²) in [5, 5.41) is 0. The lowest BCUT2D eigenvalue weighted by atomic mass is 9.89. The van der Waals surface area contributed by atoms with Crippen LogP contribution in [0, 0.1) is 13.8 Å². The Hall–Kier alpha value is -3.12. The second-order valence-corrected chi connectivity index (χ2v) is 9.84. The van der Waals surface area contributed by atoms with Crippen LogP contribution in [0.2, 0.25) is 0 Å². The summed E-state index contributed by atoms with van der Waals surface area (Å²) >= 11 is 0. The van der Waals surface area contributed by atoms with Crippen molar-refractivity contribution in [3.8, 4) is 11.4 Å². The lowest BCUT2D eigenvalue weighted by molar-refractivity contribution is 0.0712. The summed E-state index contributed by atoms with van der Waals surface area (Å²) in [6.07, 6.45) is 2.95. The number of aromatic amines is 1. The van der Waals surface area contributed by atoms with Gasteiger partial charge in [0.1, 0.15) is 5.82 Å². The predicted octanol–water partition coefficient (Wildman–Crippen LogP) is 4.67. The first-order valence-electron chi connectivity index (χ1n) is 12.5. The number of piperidine rings is 1. The van der Waals surface area contributed by atoms with Crippen molar-refractivity contribution < 1.29 is 4.79 Å². The maximum atomic E-state index is 13.6. The number of likely N-dealkylation sites (tertiary alicyclic amines) is 1. The smallest absolute Gasteiger partial charge is 0.254 e. The lowest BCUT2D eigenvalue weighted by Gasteiger charge is -2.33. The number of anilines is 1. The van der Waals surface area contributed by atoms with Gasteiger partial charge in [0.15, 0.2) is 0 Å². The van der Waals surface area contributed by atoms with Gasteiger partial charge >= 0.3 is 0 Å². The van der Waals surface area contributed by atoms with Gasteiger partial charge in [-0.15, -0.1) is 0 Å². The molecule has 6 nitrogen and oxygen atoms in total. The first-order chi connectivity index (χ1) is 16.4. The minimum atomic E-state index is 0.128. The molecule has 0 unspecified atom stereocenters. The van der Waals surface area contributed by atoms with E-state index in [4.69, 9.17) is 10.7 Å². The minimum absolute atomic E-state index is 0.128. The summed E-state index contributed by atoms with van der Waals surface area (Å²) in [5.41, 5.74) is 14.3. The Morgan fingerprint density at radius 3 is 2.53 bits per heavy atom. The summed E-state index contributed by atoms with van der Waals surface area (Å²) in [4.78, 5) is 26.5. The van der Waals surface area contributed by atoms with E-state index in [1.54, 1.807) is 0 Å². The topological polar surface area (TPSA) is 78.2 Å². The van der Waals surface area contributed by atoms with Crippen molar-refractivity contribution in [2.45, 2.75) is 52.5 Å². The molecule has 0 saturated carbocycles. The quantitative estimate of drug-likeness (QED) is 0.558. The van der Waals surface area contributed by atoms with Crippen LogP contribution in [-0.4, -0.2) is 51.9 Å². The zero-order valence-corrected chi connectivity index (χ0v) is 20.5. The van der Waals surface area contributed by atoms with Gasteiger partial charge in [0.05, 0.1) is 5.69 Å². The van der Waals surface area contributed by atoms with Gasteiger partial charge < -0.3 is 15.6 Å². The third-order valence-corrected chi connectivity index (χ3v) is 7.61. The number of H-pyrrole nitrogens is 1. The first-order valence-corrected chi connectivity index (χ1v) is 12.5. The second-order valence-electron chi connectivity index (χ2n) is 9.84. The Balaban J connectivity index is 1.35. The number of hydrogen-bond acceptors (Lipinski definition) is 4. The molecular weight excluding hydrogens is 422 g/mol. The number of benzene rings is 2. The van der Waals surface area contributed by atoms with Crippen molar-refractivity contribution in [1.82, 2.24) is 19.8 Å². The molecule has 0 aliphatic carbocycles. The molecule has 0 bridgehead atoms. The monoisotopic (exact) mass is 457 g/mol. The molecular formula is C28H35N5O. The number of nitrogens with two attached hydrogens (primary N) is 1. The van der Waals surface area contributed by atoms with Crippen molar-refractivity contribution in [1.29, 1.82) is 0 Å². The average Bonchev–Trinajstić information content (AvgIpc) is 3.27. The molecule has 2 aliphatic rings. The van der Waals surface area contributed by atoms with Crippen LogP contribution in [0.4, 0.5) is 5.69 Å². The van der Waals surface area contributed by atoms with Crippen LogP contribution >= 0.6 is 0 Å². The van der Waals surface area contributed by atoms with E-state index in [0.29, 0.717) is 5.92 Å². The highest BCUT2D eigenvalue weighted by Crippen LogP contribution is 2.31. The Kier molecular flexibility index (Phi) is 6.17. The molecule has 2 aliphatic heterocycles. The molecule has 178 valence electrons. The van der Waals surface area contributed by atoms with Gasteiger partial charge in [-0.1, -0.05) is 25.1 Å². The van der Waals surface area contributed by atoms with E-state index in [0.717, 1.165) is 91.4 Å². The van der Waals surface area contributed by atoms with Crippen molar-refractivity contribution in [3.63, 3.8) is 0 Å². The molecule has 1 amide bonds. The summed E-state index contributed by atoms with van der Waals surface area (Å²) in [6.45, 7) is 10.9. The minimum Gasteiger partial charge on any atom is -0.399 e. The Morgan fingerprint density at radius 2 is 1.82 bits per heavy atom. The standard InChI is InChI=1S/C28H35N5O/c1-4-32-12-11-25-26(17-32)31-27(30-25)23-16-24(19(3)15-18(23)2)28(34)33-13-9-21(10-14-33)20-5-7-22(29)8-6-20/h5-8,15-16,21H,4,9-14,17,29H2,1-3H3,(H,30,31). The summed E-state index contributed by atoms with van der Waals surface area (Å²) in [7, 11) is 0. The number of hydrogen-bond donors (Lipinski definition) is 2. The highest BCUT2D eigenvalue weighted by atomic mass is 16.2. The van der Waals surface area contributed by atoms with Crippen LogP contribution in [0.25, 0.3) is 11.4 Å². The molecule has 3 heterocycles. The van der Waals surface area contributed by atoms with Gasteiger partial charge in [-0.05, 0) is 74.0 Å². The van der Waals surface area contributed by atoms with Gasteiger partial charge in [0.25, 0.3) is 5.91 Å². The van der Waals surface area contributed by atoms with Crippen molar-refractivity contribution in [3.05, 3.63) is 70.0 Å². The van der Waals surface area contributed by atoms with E-state index < -0.39 is 0 Å². The second kappa shape index (κ2) is 9.26. The third kappa shape index (κ3) is 4.34. The fourth-order valence-corrected chi connectivity index (χ4v) is 5.43. The molecule has 1 aromatic heterocycles. The number of carbonyl (C=O) groups is 1. The molecule has 6 heteroatoms. The van der Waals surface area contributed by atoms with Crippen LogP contribution in [0.15, 0.2) is 36.4 Å². The van der Waals surface area contributed by atoms with Gasteiger partial charge in [-0.2, -0.15) is 0 Å². The number of fused-ring (bicyclic) bond motifs is 1. The Bertz CT molecular complexity index is 1190. The van der Waals surface area contributed by atoms with Gasteiger partial charge in [-0.25, -0.2) is 4.98 Å². The van der Waals surface area contributed by atoms with Crippen molar-refractivity contribution in [2.75, 3.05) is 31.9 Å². The highest BCUT2D eigenvalue weighted by molar-refractivity contribution is 5.97. The number of nitrogens with one attached hydrogen (secondary N) is 1. The molecule has 0 spiro atoms. The number of rotatable bonds is 4. The number of likely N-dealkylation sites (N-methyl/N-ethyl adjacent to an activating group) is 1. The number of aryl methyl sites for hydroxylation is 2. The van der Waals surface area contributed by atoms with E-state index in [1.165, 1.54) is 11.3 Å². The summed E-state index contributed by atoms with van der Waals surface area (Å²) < 4.78 is 0. The molecule has 1 fully saturated rings. The number of aromatic nitrogens is 2. The highest BCUT2D eigenvalue weighted by Gasteiger charge is 2.27. The van der Waals surface area contributed by atoms with E-state index in [9.17, 15) is 4.79 Å². The number of imidazole rings is 1. The van der Waals surface area contributed by atoms with E-state index in [-0.39, 0.29) is 5.91 Å². The van der Waals surface area contributed by atoms with Crippen molar-refractivity contribution >= 4 is 11.6 Å². The fraction of sp³-hybridized carbons (Fsp3) is 0.429. The van der Waals surface area contributed by atoms with E-state index >= 15 is 0 Å². The van der Waals surface area contributed by atoms with Gasteiger partial charge in [-0.3, -0.25) is 9.69 Å². The predicted molar refractivity (Wildman–Crippen MR) is 137 cm³/mol.